The first-order valence-electron chi connectivity index (χ1n) is 11.1. The first kappa shape index (κ1) is 22.6. The summed E-state index contributed by atoms with van der Waals surface area (Å²) < 4.78 is 45.2. The van der Waals surface area contributed by atoms with Gasteiger partial charge in [0.15, 0.2) is 21.3 Å². The number of pyridine rings is 1. The number of hydrogen-bond acceptors (Lipinski definition) is 6. The second-order valence-corrected chi connectivity index (χ2v) is 11.7. The largest absolute Gasteiger partial charge is 0.489 e. The molecule has 1 atom stereocenters. The molecule has 176 valence electrons. The third-order valence-electron chi connectivity index (χ3n) is 6.18. The van der Waals surface area contributed by atoms with Gasteiger partial charge in [0.1, 0.15) is 23.4 Å². The van der Waals surface area contributed by atoms with Crippen molar-refractivity contribution >= 4 is 27.1 Å². The lowest BCUT2D eigenvalue weighted by atomic mass is 10.1. The molecule has 0 spiro atoms. The second-order valence-electron chi connectivity index (χ2n) is 9.13. The van der Waals surface area contributed by atoms with Crippen LogP contribution in [0.2, 0.25) is 5.02 Å². The molecule has 10 heteroatoms. The van der Waals surface area contributed by atoms with E-state index >= 15 is 0 Å². The zero-order valence-corrected chi connectivity index (χ0v) is 19.9. The van der Waals surface area contributed by atoms with Crippen LogP contribution in [0.5, 0.6) is 5.75 Å². The van der Waals surface area contributed by atoms with E-state index in [9.17, 15) is 12.8 Å². The fourth-order valence-corrected chi connectivity index (χ4v) is 5.33. The Labute approximate surface area is 197 Å². The number of ether oxygens (including phenoxy) is 1. The van der Waals surface area contributed by atoms with Crippen molar-refractivity contribution in [1.29, 1.82) is 0 Å². The van der Waals surface area contributed by atoms with Crippen molar-refractivity contribution in [3.63, 3.8) is 0 Å². The molecular formula is C23H26ClFN4O3S. The highest BCUT2D eigenvalue weighted by atomic mass is 35.5. The third-order valence-corrected chi connectivity index (χ3v) is 7.31. The summed E-state index contributed by atoms with van der Waals surface area (Å²) in [5, 5.41) is 8.71. The summed E-state index contributed by atoms with van der Waals surface area (Å²) in [7, 11) is -3.22. The van der Waals surface area contributed by atoms with Crippen molar-refractivity contribution in [3.05, 3.63) is 58.3 Å². The minimum absolute atomic E-state index is 0.0105. The van der Waals surface area contributed by atoms with Crippen LogP contribution in [-0.2, 0) is 22.1 Å². The van der Waals surface area contributed by atoms with Gasteiger partial charge in [-0.15, -0.1) is 10.2 Å². The molecular weight excluding hydrogens is 467 g/mol. The molecule has 0 unspecified atom stereocenters. The minimum atomic E-state index is -3.22. The maximum atomic E-state index is 13.4. The van der Waals surface area contributed by atoms with Crippen molar-refractivity contribution in [2.24, 2.45) is 0 Å². The Hall–Kier alpha value is -2.23. The molecule has 1 aromatic carbocycles. The van der Waals surface area contributed by atoms with Crippen LogP contribution in [0.25, 0.3) is 5.65 Å². The number of halogens is 2. The number of likely N-dealkylation sites (tertiary alicyclic amines) is 1. The quantitative estimate of drug-likeness (QED) is 0.496. The molecule has 7 nitrogen and oxygen atoms in total. The Morgan fingerprint density at radius 1 is 1.21 bits per heavy atom. The number of piperidine rings is 1. The van der Waals surface area contributed by atoms with Crippen LogP contribution in [0.15, 0.2) is 30.5 Å². The number of hydrogen-bond donors (Lipinski definition) is 0. The van der Waals surface area contributed by atoms with E-state index in [1.807, 2.05) is 12.3 Å². The van der Waals surface area contributed by atoms with E-state index in [0.717, 1.165) is 55.6 Å². The van der Waals surface area contributed by atoms with E-state index in [4.69, 9.17) is 16.3 Å². The van der Waals surface area contributed by atoms with E-state index in [-0.39, 0.29) is 17.7 Å². The predicted molar refractivity (Wildman–Crippen MR) is 124 cm³/mol. The summed E-state index contributed by atoms with van der Waals surface area (Å²) in [6, 6.07) is 6.40. The lowest BCUT2D eigenvalue weighted by molar-refractivity contribution is 0.0836. The highest BCUT2D eigenvalue weighted by Gasteiger charge is 2.30. The number of sulfone groups is 1. The number of nitrogens with zero attached hydrogens (tertiary/aromatic N) is 4. The Morgan fingerprint density at radius 2 is 2.03 bits per heavy atom. The molecule has 2 aliphatic rings. The van der Waals surface area contributed by atoms with Crippen molar-refractivity contribution in [3.8, 4) is 5.75 Å². The Bertz CT molecular complexity index is 1290. The molecule has 1 saturated carbocycles. The highest BCUT2D eigenvalue weighted by molar-refractivity contribution is 7.89. The summed E-state index contributed by atoms with van der Waals surface area (Å²) in [5.41, 5.74) is 2.57. The highest BCUT2D eigenvalue weighted by Crippen LogP contribution is 2.45. The molecule has 1 aliphatic carbocycles. The Kier molecular flexibility index (Phi) is 6.05. The van der Waals surface area contributed by atoms with E-state index < -0.39 is 9.84 Å². The van der Waals surface area contributed by atoms with Crippen LogP contribution >= 0.6 is 11.6 Å². The number of benzene rings is 1. The lowest BCUT2D eigenvalue weighted by Crippen LogP contribution is -2.40. The topological polar surface area (TPSA) is 76.8 Å². The summed E-state index contributed by atoms with van der Waals surface area (Å²) >= 11 is 6.22. The Morgan fingerprint density at radius 3 is 2.76 bits per heavy atom. The molecule has 2 aromatic heterocycles. The first-order valence-corrected chi connectivity index (χ1v) is 13.6. The molecule has 0 N–H and O–H groups in total. The SMILES string of the molecule is CS(=O)(=O)Cc1nnc2cc(O[C@@H]3CCCN(Cc4ccc(F)cc4Cl)C3)c(C3CC3)cn12. The van der Waals surface area contributed by atoms with Gasteiger partial charge >= 0.3 is 0 Å². The molecule has 0 radical (unpaired) electrons. The third kappa shape index (κ3) is 5.31. The maximum absolute atomic E-state index is 13.4. The average Bonchev–Trinajstić information content (AvgIpc) is 3.52. The van der Waals surface area contributed by atoms with Crippen LogP contribution in [0.3, 0.4) is 0 Å². The maximum Gasteiger partial charge on any atom is 0.164 e. The van der Waals surface area contributed by atoms with Crippen molar-refractivity contribution in [1.82, 2.24) is 19.5 Å². The predicted octanol–water partition coefficient (Wildman–Crippen LogP) is 3.99. The van der Waals surface area contributed by atoms with E-state index in [1.54, 1.807) is 10.5 Å². The normalized spacial score (nSPS) is 19.8. The van der Waals surface area contributed by atoms with Gasteiger partial charge in [-0.2, -0.15) is 0 Å². The zero-order valence-electron chi connectivity index (χ0n) is 18.4. The zero-order chi connectivity index (χ0) is 23.2. The summed E-state index contributed by atoms with van der Waals surface area (Å²) in [6.45, 7) is 2.32. The molecule has 3 aromatic rings. The van der Waals surface area contributed by atoms with Gasteiger partial charge in [-0.05, 0) is 55.8 Å². The van der Waals surface area contributed by atoms with Crippen molar-refractivity contribution in [2.75, 3.05) is 19.3 Å². The molecule has 0 bridgehead atoms. The molecule has 33 heavy (non-hydrogen) atoms. The van der Waals surface area contributed by atoms with E-state index in [2.05, 4.69) is 15.1 Å². The standard InChI is InChI=1S/C23H26ClFN4O3S/c1-33(30,31)14-23-27-26-22-10-21(19(13-29(22)23)15-4-5-15)32-18-3-2-8-28(12-18)11-16-6-7-17(25)9-20(16)24/h6-7,9-10,13,15,18H,2-5,8,11-12,14H2,1H3/t18-/m1/s1. The van der Waals surface area contributed by atoms with Crippen LogP contribution in [0, 0.1) is 5.82 Å². The van der Waals surface area contributed by atoms with E-state index in [1.165, 1.54) is 18.4 Å². The van der Waals surface area contributed by atoms with Gasteiger partial charge in [0, 0.05) is 42.2 Å². The summed E-state index contributed by atoms with van der Waals surface area (Å²) in [5.74, 6) is 1.15. The van der Waals surface area contributed by atoms with E-state index in [0.29, 0.717) is 29.0 Å². The van der Waals surface area contributed by atoms with Gasteiger partial charge in [0.05, 0.1) is 0 Å². The summed E-state index contributed by atoms with van der Waals surface area (Å²) in [6.07, 6.45) is 7.26. The molecule has 1 aliphatic heterocycles. The van der Waals surface area contributed by atoms with Gasteiger partial charge in [-0.1, -0.05) is 17.7 Å². The monoisotopic (exact) mass is 492 g/mol. The number of rotatable bonds is 7. The average molecular weight is 493 g/mol. The lowest BCUT2D eigenvalue weighted by Gasteiger charge is -2.33. The van der Waals surface area contributed by atoms with Gasteiger partial charge in [0.2, 0.25) is 0 Å². The van der Waals surface area contributed by atoms with Crippen molar-refractivity contribution < 1.29 is 17.5 Å². The van der Waals surface area contributed by atoms with Crippen LogP contribution in [0.1, 0.15) is 48.6 Å². The fraction of sp³-hybridized carbons (Fsp3) is 0.478. The van der Waals surface area contributed by atoms with Crippen LogP contribution in [0.4, 0.5) is 4.39 Å². The van der Waals surface area contributed by atoms with Gasteiger partial charge in [-0.25, -0.2) is 12.8 Å². The number of aromatic nitrogens is 3. The molecule has 0 amide bonds. The summed E-state index contributed by atoms with van der Waals surface area (Å²) in [4.78, 5) is 2.28. The smallest absolute Gasteiger partial charge is 0.164 e. The fourth-order valence-electron chi connectivity index (χ4n) is 4.44. The Balaban J connectivity index is 1.35. The molecule has 2 fully saturated rings. The van der Waals surface area contributed by atoms with Crippen molar-refractivity contribution in [2.45, 2.75) is 50.0 Å². The van der Waals surface area contributed by atoms with Gasteiger partial charge in [0.25, 0.3) is 0 Å². The van der Waals surface area contributed by atoms with Gasteiger partial charge in [-0.3, -0.25) is 9.30 Å². The first-order chi connectivity index (χ1) is 15.7. The molecule has 5 rings (SSSR count). The minimum Gasteiger partial charge on any atom is -0.489 e. The van der Waals surface area contributed by atoms with Gasteiger partial charge < -0.3 is 4.74 Å². The van der Waals surface area contributed by atoms with Crippen LogP contribution in [-0.4, -0.2) is 53.4 Å². The number of fused-ring (bicyclic) bond motifs is 1. The van der Waals surface area contributed by atoms with Crippen LogP contribution < -0.4 is 4.74 Å². The molecule has 1 saturated heterocycles. The molecule has 3 heterocycles. The second kappa shape index (κ2) is 8.85.